The Morgan fingerprint density at radius 1 is 1.26 bits per heavy atom. The van der Waals surface area contributed by atoms with Crippen LogP contribution in [0.4, 0.5) is 0 Å². The summed E-state index contributed by atoms with van der Waals surface area (Å²) in [6, 6.07) is 7.17. The van der Waals surface area contributed by atoms with Crippen molar-refractivity contribution in [1.82, 2.24) is 4.90 Å². The third-order valence-electron chi connectivity index (χ3n) is 2.98. The fourth-order valence-corrected chi connectivity index (χ4v) is 1.84. The van der Waals surface area contributed by atoms with Crippen molar-refractivity contribution >= 4 is 5.97 Å². The molecule has 0 aliphatic rings. The fraction of sp³-hybridized carbons (Fsp3) is 0.533. The highest BCUT2D eigenvalue weighted by Gasteiger charge is 2.09. The van der Waals surface area contributed by atoms with Gasteiger partial charge >= 0.3 is 5.97 Å². The molecule has 4 heteroatoms. The molecule has 1 rings (SSSR count). The zero-order valence-electron chi connectivity index (χ0n) is 11.8. The SMILES string of the molecule is CCCOCCN(C)CCc1ccccc1C(=O)O. The van der Waals surface area contributed by atoms with Crippen LogP contribution in [0.2, 0.25) is 0 Å². The van der Waals surface area contributed by atoms with Crippen LogP contribution in [0.5, 0.6) is 0 Å². The number of rotatable bonds is 9. The van der Waals surface area contributed by atoms with Crippen molar-refractivity contribution in [3.8, 4) is 0 Å². The van der Waals surface area contributed by atoms with Crippen LogP contribution in [-0.4, -0.2) is 49.3 Å². The van der Waals surface area contributed by atoms with Crippen molar-refractivity contribution in [2.24, 2.45) is 0 Å². The van der Waals surface area contributed by atoms with Gasteiger partial charge in [-0.05, 0) is 31.5 Å². The summed E-state index contributed by atoms with van der Waals surface area (Å²) in [4.78, 5) is 13.2. The normalized spacial score (nSPS) is 10.9. The Kier molecular flexibility index (Phi) is 7.15. The van der Waals surface area contributed by atoms with Gasteiger partial charge < -0.3 is 14.7 Å². The predicted octanol–water partition coefficient (Wildman–Crippen LogP) is 2.29. The number of likely N-dealkylation sites (N-methyl/N-ethyl adjacent to an activating group) is 1. The lowest BCUT2D eigenvalue weighted by atomic mass is 10.0. The van der Waals surface area contributed by atoms with E-state index in [9.17, 15) is 4.79 Å². The van der Waals surface area contributed by atoms with Crippen molar-refractivity contribution in [3.05, 3.63) is 35.4 Å². The van der Waals surface area contributed by atoms with Gasteiger partial charge in [0.15, 0.2) is 0 Å². The standard InChI is InChI=1S/C15H23NO3/c1-3-11-19-12-10-16(2)9-8-13-6-4-5-7-14(13)15(17)18/h4-7H,3,8-12H2,1-2H3,(H,17,18). The molecular formula is C15H23NO3. The van der Waals surface area contributed by atoms with Crippen LogP contribution in [0.1, 0.15) is 29.3 Å². The molecule has 0 atom stereocenters. The maximum absolute atomic E-state index is 11.1. The molecule has 0 aromatic heterocycles. The molecule has 0 amide bonds. The summed E-state index contributed by atoms with van der Waals surface area (Å²) in [6.07, 6.45) is 1.78. The van der Waals surface area contributed by atoms with Crippen molar-refractivity contribution < 1.29 is 14.6 Å². The van der Waals surface area contributed by atoms with E-state index in [0.717, 1.165) is 44.7 Å². The number of carboxylic acids is 1. The molecule has 0 fully saturated rings. The molecule has 0 spiro atoms. The van der Waals surface area contributed by atoms with Gasteiger partial charge in [0.2, 0.25) is 0 Å². The number of carbonyl (C=O) groups is 1. The van der Waals surface area contributed by atoms with Gasteiger partial charge in [0, 0.05) is 19.7 Å². The van der Waals surface area contributed by atoms with Gasteiger partial charge in [-0.15, -0.1) is 0 Å². The second kappa shape index (κ2) is 8.67. The van der Waals surface area contributed by atoms with Gasteiger partial charge in [0.25, 0.3) is 0 Å². The van der Waals surface area contributed by atoms with Crippen LogP contribution in [0.15, 0.2) is 24.3 Å². The van der Waals surface area contributed by atoms with Crippen molar-refractivity contribution in [1.29, 1.82) is 0 Å². The highest BCUT2D eigenvalue weighted by atomic mass is 16.5. The molecule has 19 heavy (non-hydrogen) atoms. The molecule has 106 valence electrons. The lowest BCUT2D eigenvalue weighted by Crippen LogP contribution is -2.26. The molecule has 1 aromatic carbocycles. The van der Waals surface area contributed by atoms with Gasteiger partial charge in [0.1, 0.15) is 0 Å². The Bertz CT molecular complexity index is 393. The third kappa shape index (κ3) is 5.85. The Morgan fingerprint density at radius 3 is 2.68 bits per heavy atom. The first-order valence-electron chi connectivity index (χ1n) is 6.72. The van der Waals surface area contributed by atoms with E-state index in [4.69, 9.17) is 9.84 Å². The zero-order valence-corrected chi connectivity index (χ0v) is 11.8. The van der Waals surface area contributed by atoms with Crippen LogP contribution < -0.4 is 0 Å². The Hall–Kier alpha value is -1.39. The molecule has 4 nitrogen and oxygen atoms in total. The minimum Gasteiger partial charge on any atom is -0.478 e. The smallest absolute Gasteiger partial charge is 0.335 e. The molecule has 0 aliphatic carbocycles. The average molecular weight is 265 g/mol. The number of carboxylic acid groups (broad SMARTS) is 1. The molecular weight excluding hydrogens is 242 g/mol. The molecule has 0 aliphatic heterocycles. The number of benzene rings is 1. The quantitative estimate of drug-likeness (QED) is 0.696. The second-order valence-electron chi connectivity index (χ2n) is 4.63. The van der Waals surface area contributed by atoms with Crippen LogP contribution in [0, 0.1) is 0 Å². The monoisotopic (exact) mass is 265 g/mol. The number of hydrogen-bond donors (Lipinski definition) is 1. The lowest BCUT2D eigenvalue weighted by molar-refractivity contribution is 0.0695. The second-order valence-corrected chi connectivity index (χ2v) is 4.63. The van der Waals surface area contributed by atoms with Gasteiger partial charge in [-0.25, -0.2) is 4.79 Å². The first-order chi connectivity index (χ1) is 9.15. The van der Waals surface area contributed by atoms with Crippen molar-refractivity contribution in [2.75, 3.05) is 33.4 Å². The maximum Gasteiger partial charge on any atom is 0.335 e. The summed E-state index contributed by atoms with van der Waals surface area (Å²) in [5, 5.41) is 9.10. The molecule has 0 heterocycles. The van der Waals surface area contributed by atoms with Gasteiger partial charge in [-0.2, -0.15) is 0 Å². The predicted molar refractivity (Wildman–Crippen MR) is 75.7 cm³/mol. The highest BCUT2D eigenvalue weighted by molar-refractivity contribution is 5.89. The molecule has 0 radical (unpaired) electrons. The lowest BCUT2D eigenvalue weighted by Gasteiger charge is -2.17. The van der Waals surface area contributed by atoms with Gasteiger partial charge in [0.05, 0.1) is 12.2 Å². The Balaban J connectivity index is 2.37. The maximum atomic E-state index is 11.1. The number of nitrogens with zero attached hydrogens (tertiary/aromatic N) is 1. The molecule has 0 unspecified atom stereocenters. The fourth-order valence-electron chi connectivity index (χ4n) is 1.84. The summed E-state index contributed by atoms with van der Waals surface area (Å²) in [5.41, 5.74) is 1.29. The van der Waals surface area contributed by atoms with E-state index in [1.54, 1.807) is 12.1 Å². The Morgan fingerprint density at radius 2 is 2.00 bits per heavy atom. The zero-order chi connectivity index (χ0) is 14.1. The highest BCUT2D eigenvalue weighted by Crippen LogP contribution is 2.09. The molecule has 0 saturated carbocycles. The largest absolute Gasteiger partial charge is 0.478 e. The van der Waals surface area contributed by atoms with E-state index in [2.05, 4.69) is 11.8 Å². The first-order valence-corrected chi connectivity index (χ1v) is 6.72. The van der Waals surface area contributed by atoms with E-state index in [0.29, 0.717) is 5.56 Å². The number of ether oxygens (including phenoxy) is 1. The topological polar surface area (TPSA) is 49.8 Å². The molecule has 1 N–H and O–H groups in total. The molecule has 0 bridgehead atoms. The Labute approximate surface area is 115 Å². The van der Waals surface area contributed by atoms with Gasteiger partial charge in [-0.1, -0.05) is 25.1 Å². The van der Waals surface area contributed by atoms with Crippen LogP contribution in [-0.2, 0) is 11.2 Å². The van der Waals surface area contributed by atoms with E-state index >= 15 is 0 Å². The molecule has 0 saturated heterocycles. The van der Waals surface area contributed by atoms with Crippen LogP contribution >= 0.6 is 0 Å². The first kappa shape index (κ1) is 15.7. The summed E-state index contributed by atoms with van der Waals surface area (Å²) in [6.45, 7) is 5.32. The van der Waals surface area contributed by atoms with Crippen LogP contribution in [0.25, 0.3) is 0 Å². The number of hydrogen-bond acceptors (Lipinski definition) is 3. The van der Waals surface area contributed by atoms with Crippen LogP contribution in [0.3, 0.4) is 0 Å². The number of aromatic carboxylic acids is 1. The van der Waals surface area contributed by atoms with E-state index < -0.39 is 5.97 Å². The third-order valence-corrected chi connectivity index (χ3v) is 2.98. The molecule has 1 aromatic rings. The summed E-state index contributed by atoms with van der Waals surface area (Å²) < 4.78 is 5.43. The van der Waals surface area contributed by atoms with E-state index in [1.165, 1.54) is 0 Å². The van der Waals surface area contributed by atoms with Gasteiger partial charge in [-0.3, -0.25) is 0 Å². The minimum atomic E-state index is -0.857. The van der Waals surface area contributed by atoms with Crippen molar-refractivity contribution in [3.63, 3.8) is 0 Å². The minimum absolute atomic E-state index is 0.401. The van der Waals surface area contributed by atoms with E-state index in [1.807, 2.05) is 19.2 Å². The summed E-state index contributed by atoms with van der Waals surface area (Å²) in [5.74, 6) is -0.857. The van der Waals surface area contributed by atoms with Crippen molar-refractivity contribution in [2.45, 2.75) is 19.8 Å². The average Bonchev–Trinajstić information content (AvgIpc) is 2.41. The summed E-state index contributed by atoms with van der Waals surface area (Å²) in [7, 11) is 2.03. The summed E-state index contributed by atoms with van der Waals surface area (Å²) >= 11 is 0. The van der Waals surface area contributed by atoms with E-state index in [-0.39, 0.29) is 0 Å².